The zero-order valence-corrected chi connectivity index (χ0v) is 5.92. The van der Waals surface area contributed by atoms with Crippen LogP contribution in [0.15, 0.2) is 30.3 Å². The number of hydrogen-bond acceptors (Lipinski definition) is 2. The van der Waals surface area contributed by atoms with Gasteiger partial charge in [0.15, 0.2) is 0 Å². The maximum absolute atomic E-state index is 5.15. The van der Waals surface area contributed by atoms with Crippen molar-refractivity contribution < 1.29 is 4.74 Å². The minimum absolute atomic E-state index is 0.269. The highest BCUT2D eigenvalue weighted by atomic mass is 16.5. The Kier molecular flexibility index (Phi) is 2.26. The van der Waals surface area contributed by atoms with E-state index in [0.717, 1.165) is 6.42 Å². The lowest BCUT2D eigenvalue weighted by Crippen LogP contribution is -2.03. The summed E-state index contributed by atoms with van der Waals surface area (Å²) in [6.45, 7) is 7.85. The molecule has 1 unspecified atom stereocenters. The summed E-state index contributed by atoms with van der Waals surface area (Å²) in [6.07, 6.45) is 4.37. The molecule has 0 spiro atoms. The number of ether oxygens (including phenoxy) is 1. The molecule has 0 radical (unpaired) electrons. The van der Waals surface area contributed by atoms with E-state index in [-0.39, 0.29) is 6.04 Å². The predicted molar refractivity (Wildman–Crippen MR) is 42.2 cm³/mol. The van der Waals surface area contributed by atoms with Gasteiger partial charge in [-0.05, 0) is 12.5 Å². The molecule has 0 fully saturated rings. The lowest BCUT2D eigenvalue weighted by molar-refractivity contribution is 0.319. The first-order chi connectivity index (χ1) is 4.86. The predicted octanol–water partition coefficient (Wildman–Crippen LogP) is 1.55. The normalized spacial score (nSPS) is 23.2. The van der Waals surface area contributed by atoms with Crippen LogP contribution in [0.25, 0.3) is 0 Å². The van der Waals surface area contributed by atoms with Gasteiger partial charge in [0, 0.05) is 0 Å². The van der Waals surface area contributed by atoms with Crippen molar-refractivity contribution in [1.29, 1.82) is 0 Å². The first-order valence-corrected chi connectivity index (χ1v) is 3.30. The minimum Gasteiger partial charge on any atom is -0.476 e. The molecule has 0 aromatic carbocycles. The summed E-state index contributed by atoms with van der Waals surface area (Å²) >= 11 is 0. The third kappa shape index (κ3) is 1.47. The van der Waals surface area contributed by atoms with Gasteiger partial charge in [0.1, 0.15) is 6.61 Å². The molecular formula is C8H11NO. The van der Waals surface area contributed by atoms with Crippen LogP contribution in [0.5, 0.6) is 0 Å². The van der Waals surface area contributed by atoms with Crippen molar-refractivity contribution in [3.05, 3.63) is 25.3 Å². The van der Waals surface area contributed by atoms with Gasteiger partial charge in [-0.15, -0.1) is 6.58 Å². The van der Waals surface area contributed by atoms with Gasteiger partial charge in [-0.3, -0.25) is 0 Å². The Morgan fingerprint density at radius 3 is 3.00 bits per heavy atom. The van der Waals surface area contributed by atoms with Gasteiger partial charge in [0.2, 0.25) is 5.90 Å². The number of hydrogen-bond donors (Lipinski definition) is 0. The molecule has 2 heteroatoms. The lowest BCUT2D eigenvalue weighted by Gasteiger charge is -1.96. The molecular weight excluding hydrogens is 126 g/mol. The zero-order valence-electron chi connectivity index (χ0n) is 5.92. The second kappa shape index (κ2) is 3.20. The fourth-order valence-electron chi connectivity index (χ4n) is 0.861. The molecule has 10 heavy (non-hydrogen) atoms. The van der Waals surface area contributed by atoms with Gasteiger partial charge in [-0.2, -0.15) is 0 Å². The standard InChI is InChI=1S/C8H11NO/c1-3-5-7-6-10-8(4-2)9-7/h3-4,7H,1-2,5-6H2. The largest absolute Gasteiger partial charge is 0.476 e. The second-order valence-corrected chi connectivity index (χ2v) is 2.16. The lowest BCUT2D eigenvalue weighted by atomic mass is 10.2. The summed E-state index contributed by atoms with van der Waals surface area (Å²) in [7, 11) is 0. The van der Waals surface area contributed by atoms with Crippen LogP contribution in [0.2, 0.25) is 0 Å². The van der Waals surface area contributed by atoms with Crippen LogP contribution in [0, 0.1) is 0 Å². The molecule has 0 saturated heterocycles. The van der Waals surface area contributed by atoms with E-state index in [2.05, 4.69) is 18.2 Å². The average molecular weight is 137 g/mol. The van der Waals surface area contributed by atoms with E-state index in [0.29, 0.717) is 12.5 Å². The fraction of sp³-hybridized carbons (Fsp3) is 0.375. The summed E-state index contributed by atoms with van der Waals surface area (Å²) in [5, 5.41) is 0. The molecule has 1 heterocycles. The van der Waals surface area contributed by atoms with E-state index in [9.17, 15) is 0 Å². The Morgan fingerprint density at radius 2 is 2.50 bits per heavy atom. The van der Waals surface area contributed by atoms with Gasteiger partial charge in [0.05, 0.1) is 6.04 Å². The molecule has 0 N–H and O–H groups in total. The van der Waals surface area contributed by atoms with E-state index < -0.39 is 0 Å². The van der Waals surface area contributed by atoms with Crippen molar-refractivity contribution in [2.24, 2.45) is 4.99 Å². The highest BCUT2D eigenvalue weighted by Gasteiger charge is 2.14. The molecule has 0 aliphatic carbocycles. The van der Waals surface area contributed by atoms with Crippen molar-refractivity contribution in [2.75, 3.05) is 6.61 Å². The maximum Gasteiger partial charge on any atom is 0.208 e. The van der Waals surface area contributed by atoms with Gasteiger partial charge in [-0.1, -0.05) is 12.7 Å². The first-order valence-electron chi connectivity index (χ1n) is 3.30. The van der Waals surface area contributed by atoms with Crippen LogP contribution < -0.4 is 0 Å². The van der Waals surface area contributed by atoms with Crippen LogP contribution in [-0.4, -0.2) is 18.5 Å². The Labute approximate surface area is 60.9 Å². The van der Waals surface area contributed by atoms with Crippen molar-refractivity contribution in [3.8, 4) is 0 Å². The third-order valence-electron chi connectivity index (χ3n) is 1.35. The van der Waals surface area contributed by atoms with Crippen LogP contribution in [0.3, 0.4) is 0 Å². The summed E-state index contributed by atoms with van der Waals surface area (Å²) in [5.41, 5.74) is 0. The average Bonchev–Trinajstić information content (AvgIpc) is 2.37. The van der Waals surface area contributed by atoms with Crippen LogP contribution in [-0.2, 0) is 4.74 Å². The molecule has 0 amide bonds. The summed E-state index contributed by atoms with van der Waals surface area (Å²) in [6, 6.07) is 0.269. The third-order valence-corrected chi connectivity index (χ3v) is 1.35. The van der Waals surface area contributed by atoms with Gasteiger partial charge in [0.25, 0.3) is 0 Å². The van der Waals surface area contributed by atoms with Crippen LogP contribution in [0.4, 0.5) is 0 Å². The Bertz CT molecular complexity index is 172. The van der Waals surface area contributed by atoms with Gasteiger partial charge in [-0.25, -0.2) is 4.99 Å². The molecule has 54 valence electrons. The topological polar surface area (TPSA) is 21.6 Å². The molecule has 2 nitrogen and oxygen atoms in total. The molecule has 1 atom stereocenters. The fourth-order valence-corrected chi connectivity index (χ4v) is 0.861. The van der Waals surface area contributed by atoms with Crippen molar-refractivity contribution in [1.82, 2.24) is 0 Å². The van der Waals surface area contributed by atoms with E-state index in [1.54, 1.807) is 6.08 Å². The van der Waals surface area contributed by atoms with Crippen molar-refractivity contribution in [3.63, 3.8) is 0 Å². The van der Waals surface area contributed by atoms with Crippen molar-refractivity contribution >= 4 is 5.90 Å². The SMILES string of the molecule is C=CCC1COC(C=C)=N1. The smallest absolute Gasteiger partial charge is 0.208 e. The Hall–Kier alpha value is -1.05. The number of rotatable bonds is 3. The highest BCUT2D eigenvalue weighted by molar-refractivity contribution is 5.88. The number of aliphatic imine (C=N–C) groups is 1. The molecule has 0 aromatic rings. The first kappa shape index (κ1) is 7.06. The van der Waals surface area contributed by atoms with Crippen LogP contribution in [0.1, 0.15) is 6.42 Å². The summed E-state index contributed by atoms with van der Waals surface area (Å²) in [4.78, 5) is 4.20. The molecule has 1 aliphatic heterocycles. The van der Waals surface area contributed by atoms with Gasteiger partial charge < -0.3 is 4.74 Å². The van der Waals surface area contributed by atoms with Crippen LogP contribution >= 0.6 is 0 Å². The maximum atomic E-state index is 5.15. The zero-order chi connectivity index (χ0) is 7.40. The summed E-state index contributed by atoms with van der Waals surface area (Å²) in [5.74, 6) is 0.659. The quantitative estimate of drug-likeness (QED) is 0.541. The minimum atomic E-state index is 0.269. The molecule has 0 saturated carbocycles. The monoisotopic (exact) mass is 137 g/mol. The molecule has 0 bridgehead atoms. The Morgan fingerprint density at radius 1 is 1.70 bits per heavy atom. The van der Waals surface area contributed by atoms with Gasteiger partial charge >= 0.3 is 0 Å². The van der Waals surface area contributed by atoms with E-state index in [1.165, 1.54) is 0 Å². The molecule has 1 rings (SSSR count). The van der Waals surface area contributed by atoms with E-state index >= 15 is 0 Å². The van der Waals surface area contributed by atoms with E-state index in [1.807, 2.05) is 6.08 Å². The highest BCUT2D eigenvalue weighted by Crippen LogP contribution is 2.08. The number of nitrogens with zero attached hydrogens (tertiary/aromatic N) is 1. The van der Waals surface area contributed by atoms with E-state index in [4.69, 9.17) is 4.74 Å². The Balaban J connectivity index is 2.46. The molecule has 0 aromatic heterocycles. The second-order valence-electron chi connectivity index (χ2n) is 2.16. The van der Waals surface area contributed by atoms with Crippen molar-refractivity contribution in [2.45, 2.75) is 12.5 Å². The molecule has 1 aliphatic rings. The summed E-state index contributed by atoms with van der Waals surface area (Å²) < 4.78 is 5.15.